The Bertz CT molecular complexity index is 538. The summed E-state index contributed by atoms with van der Waals surface area (Å²) in [5.41, 5.74) is 3.01. The molecule has 0 bridgehead atoms. The molecule has 0 atom stereocenters. The van der Waals surface area contributed by atoms with E-state index in [1.54, 1.807) is 6.92 Å². The predicted molar refractivity (Wildman–Crippen MR) is 84.8 cm³/mol. The van der Waals surface area contributed by atoms with Crippen molar-refractivity contribution in [2.45, 2.75) is 33.6 Å². The summed E-state index contributed by atoms with van der Waals surface area (Å²) in [5.74, 6) is 0.609. The summed E-state index contributed by atoms with van der Waals surface area (Å²) in [6, 6.07) is 5.79. The minimum atomic E-state index is 0.0622. The number of carbonyl (C=O) groups is 2. The SMILES string of the molecule is CC(=O)c1ccc2c(c1)CCCN2CC(=O)NCC(C)C. The van der Waals surface area contributed by atoms with E-state index in [9.17, 15) is 9.59 Å². The summed E-state index contributed by atoms with van der Waals surface area (Å²) in [6.45, 7) is 7.74. The molecule has 1 aromatic carbocycles. The number of hydrogen-bond donors (Lipinski definition) is 1. The third kappa shape index (κ3) is 4.06. The van der Waals surface area contributed by atoms with Crippen LogP contribution in [-0.4, -0.2) is 31.3 Å². The minimum Gasteiger partial charge on any atom is -0.362 e. The van der Waals surface area contributed by atoms with Gasteiger partial charge in [0.1, 0.15) is 0 Å². The number of benzene rings is 1. The maximum atomic E-state index is 12.0. The predicted octanol–water partition coefficient (Wildman–Crippen LogP) is 2.41. The molecule has 1 aromatic rings. The largest absolute Gasteiger partial charge is 0.362 e. The van der Waals surface area contributed by atoms with Crippen molar-refractivity contribution in [2.24, 2.45) is 5.92 Å². The average molecular weight is 288 g/mol. The third-order valence-electron chi connectivity index (χ3n) is 3.74. The topological polar surface area (TPSA) is 49.4 Å². The molecule has 0 unspecified atom stereocenters. The van der Waals surface area contributed by atoms with Crippen LogP contribution in [-0.2, 0) is 11.2 Å². The maximum Gasteiger partial charge on any atom is 0.239 e. The van der Waals surface area contributed by atoms with E-state index in [1.807, 2.05) is 18.2 Å². The van der Waals surface area contributed by atoms with E-state index < -0.39 is 0 Å². The number of anilines is 1. The smallest absolute Gasteiger partial charge is 0.239 e. The Balaban J connectivity index is 2.08. The zero-order valence-corrected chi connectivity index (χ0v) is 13.1. The number of fused-ring (bicyclic) bond motifs is 1. The summed E-state index contributed by atoms with van der Waals surface area (Å²) in [6.07, 6.45) is 1.99. The molecule has 1 heterocycles. The summed E-state index contributed by atoms with van der Waals surface area (Å²) in [4.78, 5) is 25.6. The van der Waals surface area contributed by atoms with E-state index in [-0.39, 0.29) is 11.7 Å². The van der Waals surface area contributed by atoms with E-state index in [1.165, 1.54) is 5.56 Å². The number of amides is 1. The Kier molecular flexibility index (Phi) is 4.99. The fraction of sp³-hybridized carbons (Fsp3) is 0.529. The highest BCUT2D eigenvalue weighted by atomic mass is 16.2. The van der Waals surface area contributed by atoms with E-state index in [0.29, 0.717) is 19.0 Å². The second kappa shape index (κ2) is 6.74. The number of rotatable bonds is 5. The molecule has 0 fully saturated rings. The molecular formula is C17H24N2O2. The van der Waals surface area contributed by atoms with Crippen LogP contribution in [0.5, 0.6) is 0 Å². The van der Waals surface area contributed by atoms with Crippen LogP contribution in [0.25, 0.3) is 0 Å². The lowest BCUT2D eigenvalue weighted by molar-refractivity contribution is -0.119. The van der Waals surface area contributed by atoms with Crippen LogP contribution >= 0.6 is 0 Å². The van der Waals surface area contributed by atoms with Crippen LogP contribution in [0.4, 0.5) is 5.69 Å². The van der Waals surface area contributed by atoms with Gasteiger partial charge in [-0.2, -0.15) is 0 Å². The van der Waals surface area contributed by atoms with Crippen molar-refractivity contribution in [2.75, 3.05) is 24.5 Å². The summed E-state index contributed by atoms with van der Waals surface area (Å²) in [7, 11) is 0. The molecule has 1 aliphatic rings. The molecule has 0 spiro atoms. The van der Waals surface area contributed by atoms with Gasteiger partial charge >= 0.3 is 0 Å². The number of hydrogen-bond acceptors (Lipinski definition) is 3. The van der Waals surface area contributed by atoms with Crippen LogP contribution in [0.1, 0.15) is 43.1 Å². The Hall–Kier alpha value is -1.84. The molecule has 0 radical (unpaired) electrons. The maximum absolute atomic E-state index is 12.0. The molecule has 1 aliphatic heterocycles. The van der Waals surface area contributed by atoms with E-state index in [0.717, 1.165) is 30.6 Å². The number of aryl methyl sites for hydroxylation is 1. The average Bonchev–Trinajstić information content (AvgIpc) is 2.45. The lowest BCUT2D eigenvalue weighted by Crippen LogP contribution is -2.40. The number of nitrogens with one attached hydrogen (secondary N) is 1. The van der Waals surface area contributed by atoms with Gasteiger partial charge < -0.3 is 10.2 Å². The van der Waals surface area contributed by atoms with Gasteiger partial charge in [-0.3, -0.25) is 9.59 Å². The van der Waals surface area contributed by atoms with Crippen molar-refractivity contribution in [3.8, 4) is 0 Å². The second-order valence-corrected chi connectivity index (χ2v) is 6.12. The quantitative estimate of drug-likeness (QED) is 0.847. The van der Waals surface area contributed by atoms with Gasteiger partial charge in [-0.15, -0.1) is 0 Å². The van der Waals surface area contributed by atoms with Gasteiger partial charge in [-0.25, -0.2) is 0 Å². The summed E-state index contributed by atoms with van der Waals surface area (Å²) in [5, 5.41) is 2.96. The van der Waals surface area contributed by atoms with Crippen LogP contribution in [0, 0.1) is 5.92 Å². The Morgan fingerprint density at radius 2 is 2.10 bits per heavy atom. The molecule has 0 saturated carbocycles. The third-order valence-corrected chi connectivity index (χ3v) is 3.74. The first-order valence-corrected chi connectivity index (χ1v) is 7.63. The zero-order chi connectivity index (χ0) is 15.4. The fourth-order valence-electron chi connectivity index (χ4n) is 2.61. The van der Waals surface area contributed by atoms with Crippen LogP contribution in [0.3, 0.4) is 0 Å². The Morgan fingerprint density at radius 3 is 2.76 bits per heavy atom. The highest BCUT2D eigenvalue weighted by molar-refractivity contribution is 5.95. The van der Waals surface area contributed by atoms with E-state index >= 15 is 0 Å². The van der Waals surface area contributed by atoms with Crippen LogP contribution in [0.15, 0.2) is 18.2 Å². The summed E-state index contributed by atoms with van der Waals surface area (Å²) >= 11 is 0. The minimum absolute atomic E-state index is 0.0622. The van der Waals surface area contributed by atoms with E-state index in [4.69, 9.17) is 0 Å². The molecule has 4 heteroatoms. The van der Waals surface area contributed by atoms with Crippen LogP contribution in [0.2, 0.25) is 0 Å². The van der Waals surface area contributed by atoms with E-state index in [2.05, 4.69) is 24.1 Å². The molecular weight excluding hydrogens is 264 g/mol. The molecule has 21 heavy (non-hydrogen) atoms. The highest BCUT2D eigenvalue weighted by Crippen LogP contribution is 2.27. The van der Waals surface area contributed by atoms with Crippen molar-refractivity contribution in [1.82, 2.24) is 5.32 Å². The zero-order valence-electron chi connectivity index (χ0n) is 13.1. The standard InChI is InChI=1S/C17H24N2O2/c1-12(2)10-18-17(21)11-19-8-4-5-15-9-14(13(3)20)6-7-16(15)19/h6-7,9,12H,4-5,8,10-11H2,1-3H3,(H,18,21). The number of carbonyl (C=O) groups excluding carboxylic acids is 2. The molecule has 0 aromatic heterocycles. The molecule has 1 amide bonds. The summed E-state index contributed by atoms with van der Waals surface area (Å²) < 4.78 is 0. The van der Waals surface area contributed by atoms with Gasteiger partial charge in [0, 0.05) is 24.3 Å². The molecule has 4 nitrogen and oxygen atoms in total. The fourth-order valence-corrected chi connectivity index (χ4v) is 2.61. The van der Waals surface area contributed by atoms with Crippen molar-refractivity contribution < 1.29 is 9.59 Å². The number of Topliss-reactive ketones (excluding diaryl/α,β-unsaturated/α-hetero) is 1. The van der Waals surface area contributed by atoms with Crippen molar-refractivity contribution in [1.29, 1.82) is 0 Å². The Morgan fingerprint density at radius 1 is 1.33 bits per heavy atom. The molecule has 0 saturated heterocycles. The second-order valence-electron chi connectivity index (χ2n) is 6.12. The van der Waals surface area contributed by atoms with Gasteiger partial charge in [-0.1, -0.05) is 13.8 Å². The van der Waals surface area contributed by atoms with Crippen LogP contribution < -0.4 is 10.2 Å². The lowest BCUT2D eigenvalue weighted by atomic mass is 9.98. The van der Waals surface area contributed by atoms with Gasteiger partial charge in [0.05, 0.1) is 6.54 Å². The van der Waals surface area contributed by atoms with Gasteiger partial charge in [0.15, 0.2) is 5.78 Å². The van der Waals surface area contributed by atoms with Crippen molar-refractivity contribution in [3.05, 3.63) is 29.3 Å². The number of ketones is 1. The van der Waals surface area contributed by atoms with Gasteiger partial charge in [-0.05, 0) is 49.4 Å². The Labute approximate surface area is 126 Å². The first kappa shape index (κ1) is 15.5. The molecule has 2 rings (SSSR count). The molecule has 0 aliphatic carbocycles. The normalized spacial score (nSPS) is 14.0. The van der Waals surface area contributed by atoms with Crippen molar-refractivity contribution >= 4 is 17.4 Å². The number of nitrogens with zero attached hydrogens (tertiary/aromatic N) is 1. The lowest BCUT2D eigenvalue weighted by Gasteiger charge is -2.31. The molecule has 1 N–H and O–H groups in total. The monoisotopic (exact) mass is 288 g/mol. The first-order chi connectivity index (χ1) is 9.97. The van der Waals surface area contributed by atoms with Gasteiger partial charge in [0.2, 0.25) is 5.91 Å². The highest BCUT2D eigenvalue weighted by Gasteiger charge is 2.19. The van der Waals surface area contributed by atoms with Crippen molar-refractivity contribution in [3.63, 3.8) is 0 Å². The molecule has 114 valence electrons. The van der Waals surface area contributed by atoms with Gasteiger partial charge in [0.25, 0.3) is 0 Å². The first-order valence-electron chi connectivity index (χ1n) is 7.63.